The van der Waals surface area contributed by atoms with Gasteiger partial charge in [-0.15, -0.1) is 0 Å². The van der Waals surface area contributed by atoms with Crippen LogP contribution in [-0.2, 0) is 4.74 Å². The molecule has 1 amide bonds. The summed E-state index contributed by atoms with van der Waals surface area (Å²) < 4.78 is 38.2. The van der Waals surface area contributed by atoms with E-state index in [1.807, 2.05) is 20.8 Å². The summed E-state index contributed by atoms with van der Waals surface area (Å²) in [6, 6.07) is 3.89. The first-order valence-corrected chi connectivity index (χ1v) is 11.8. The van der Waals surface area contributed by atoms with Gasteiger partial charge in [-0.05, 0) is 64.3 Å². The number of carbonyl (C=O) groups is 1. The van der Waals surface area contributed by atoms with Gasteiger partial charge in [-0.2, -0.15) is 0 Å². The third-order valence-corrected chi connectivity index (χ3v) is 6.31. The number of amides is 1. The molecule has 5 rings (SSSR count). The lowest BCUT2D eigenvalue weighted by molar-refractivity contribution is 0.0187. The molecule has 1 saturated heterocycles. The number of aryl methyl sites for hydroxylation is 1. The van der Waals surface area contributed by atoms with E-state index in [1.165, 1.54) is 23.0 Å². The first-order valence-electron chi connectivity index (χ1n) is 11.8. The molecule has 1 aliphatic rings. The number of piperidine rings is 1. The van der Waals surface area contributed by atoms with Crippen LogP contribution in [-0.4, -0.2) is 48.6 Å². The number of benzene rings is 1. The zero-order chi connectivity index (χ0) is 25.8. The van der Waals surface area contributed by atoms with Crippen LogP contribution in [0.1, 0.15) is 45.3 Å². The third-order valence-electron chi connectivity index (χ3n) is 6.31. The number of pyridine rings is 1. The highest BCUT2D eigenvalue weighted by atomic mass is 19.1. The summed E-state index contributed by atoms with van der Waals surface area (Å²) in [7, 11) is 0. The first kappa shape index (κ1) is 23.9. The summed E-state index contributed by atoms with van der Waals surface area (Å²) >= 11 is 0. The SMILES string of the molecule is Cc1cn2cc(-c3cc(F)c4c(=O)n(C5CCN(C(=O)OC(C)(C)C)CC5)cnc4c3)cc(F)c2n1. The summed E-state index contributed by atoms with van der Waals surface area (Å²) in [5.41, 5.74) is 0.831. The fraction of sp³-hybridized carbons (Fsp3) is 0.385. The molecule has 0 aliphatic carbocycles. The maximum atomic E-state index is 15.2. The Kier molecular flexibility index (Phi) is 5.77. The Balaban J connectivity index is 1.43. The van der Waals surface area contributed by atoms with Gasteiger partial charge < -0.3 is 14.0 Å². The van der Waals surface area contributed by atoms with Gasteiger partial charge >= 0.3 is 6.09 Å². The van der Waals surface area contributed by atoms with Crippen LogP contribution >= 0.6 is 0 Å². The molecule has 1 aliphatic heterocycles. The Morgan fingerprint density at radius 2 is 1.75 bits per heavy atom. The van der Waals surface area contributed by atoms with Crippen LogP contribution in [0.15, 0.2) is 41.7 Å². The number of nitrogens with zero attached hydrogens (tertiary/aromatic N) is 5. The van der Waals surface area contributed by atoms with Crippen molar-refractivity contribution >= 4 is 22.6 Å². The standard InChI is InChI=1S/C26H27F2N5O3/c1-15-12-32-13-17(10-20(28)23(32)30-15)16-9-19(27)22-21(11-16)29-14-33(24(22)34)18-5-7-31(8-6-18)25(35)36-26(2,3)4/h9-14,18H,5-8H2,1-4H3. The zero-order valence-corrected chi connectivity index (χ0v) is 20.6. The molecule has 10 heteroatoms. The lowest BCUT2D eigenvalue weighted by atomic mass is 10.0. The predicted molar refractivity (Wildman–Crippen MR) is 131 cm³/mol. The van der Waals surface area contributed by atoms with Crippen LogP contribution in [0.5, 0.6) is 0 Å². The number of rotatable bonds is 2. The van der Waals surface area contributed by atoms with Gasteiger partial charge in [-0.1, -0.05) is 0 Å². The van der Waals surface area contributed by atoms with E-state index in [4.69, 9.17) is 4.74 Å². The van der Waals surface area contributed by atoms with Gasteiger partial charge in [0.05, 0.1) is 17.5 Å². The molecule has 8 nitrogen and oxygen atoms in total. The van der Waals surface area contributed by atoms with Crippen LogP contribution in [0, 0.1) is 18.6 Å². The van der Waals surface area contributed by atoms with E-state index >= 15 is 4.39 Å². The van der Waals surface area contributed by atoms with E-state index in [2.05, 4.69) is 9.97 Å². The molecule has 1 fully saturated rings. The molecule has 1 aromatic carbocycles. The molecular weight excluding hydrogens is 468 g/mol. The molecule has 4 heterocycles. The number of hydrogen-bond acceptors (Lipinski definition) is 5. The van der Waals surface area contributed by atoms with Crippen molar-refractivity contribution in [1.29, 1.82) is 0 Å². The smallest absolute Gasteiger partial charge is 0.410 e. The number of halogens is 2. The summed E-state index contributed by atoms with van der Waals surface area (Å²) in [6.45, 7) is 8.04. The number of carbonyl (C=O) groups excluding carboxylic acids is 1. The molecule has 0 spiro atoms. The molecule has 0 radical (unpaired) electrons. The van der Waals surface area contributed by atoms with Crippen LogP contribution in [0.25, 0.3) is 27.7 Å². The van der Waals surface area contributed by atoms with Gasteiger partial charge in [-0.3, -0.25) is 9.36 Å². The van der Waals surface area contributed by atoms with Crippen molar-refractivity contribution < 1.29 is 18.3 Å². The van der Waals surface area contributed by atoms with Gasteiger partial charge in [0, 0.05) is 37.1 Å². The summed E-state index contributed by atoms with van der Waals surface area (Å²) in [6.07, 6.45) is 5.43. The molecular formula is C26H27F2N5O3. The highest BCUT2D eigenvalue weighted by Gasteiger charge is 2.28. The highest BCUT2D eigenvalue weighted by molar-refractivity contribution is 5.84. The normalized spacial score (nSPS) is 15.1. The van der Waals surface area contributed by atoms with Crippen molar-refractivity contribution in [3.8, 4) is 11.1 Å². The van der Waals surface area contributed by atoms with E-state index in [-0.39, 0.29) is 28.7 Å². The summed E-state index contributed by atoms with van der Waals surface area (Å²) in [4.78, 5) is 35.7. The molecule has 188 valence electrons. The minimum absolute atomic E-state index is 0.115. The number of likely N-dealkylation sites (tertiary alicyclic amines) is 1. The summed E-state index contributed by atoms with van der Waals surface area (Å²) in [5, 5.41) is -0.115. The van der Waals surface area contributed by atoms with Crippen LogP contribution in [0.4, 0.5) is 13.6 Å². The van der Waals surface area contributed by atoms with Gasteiger partial charge in [0.2, 0.25) is 0 Å². The fourth-order valence-corrected chi connectivity index (χ4v) is 4.63. The molecule has 36 heavy (non-hydrogen) atoms. The Hall–Kier alpha value is -3.82. The molecule has 4 aromatic rings. The molecule has 3 aromatic heterocycles. The maximum Gasteiger partial charge on any atom is 0.410 e. The minimum Gasteiger partial charge on any atom is -0.444 e. The van der Waals surface area contributed by atoms with Crippen LogP contribution in [0.2, 0.25) is 0 Å². The Morgan fingerprint density at radius 1 is 1.06 bits per heavy atom. The maximum absolute atomic E-state index is 15.2. The average Bonchev–Trinajstić information content (AvgIpc) is 3.19. The Morgan fingerprint density at radius 3 is 2.44 bits per heavy atom. The predicted octanol–water partition coefficient (Wildman–Crippen LogP) is 4.87. The van der Waals surface area contributed by atoms with Crippen molar-refractivity contribution in [2.24, 2.45) is 0 Å². The Bertz CT molecular complexity index is 1550. The first-order chi connectivity index (χ1) is 17.0. The van der Waals surface area contributed by atoms with Gasteiger partial charge in [0.1, 0.15) is 16.8 Å². The molecule has 0 bridgehead atoms. The second-order valence-electron chi connectivity index (χ2n) is 10.2. The lowest BCUT2D eigenvalue weighted by Gasteiger charge is -2.34. The van der Waals surface area contributed by atoms with Crippen molar-refractivity contribution in [2.45, 2.75) is 52.2 Å². The second-order valence-corrected chi connectivity index (χ2v) is 10.2. The number of hydrogen-bond donors (Lipinski definition) is 0. The number of ether oxygens (including phenoxy) is 1. The number of aromatic nitrogens is 4. The molecule has 0 N–H and O–H groups in total. The lowest BCUT2D eigenvalue weighted by Crippen LogP contribution is -2.43. The molecule has 0 unspecified atom stereocenters. The number of imidazole rings is 1. The Labute approximate surface area is 206 Å². The van der Waals surface area contributed by atoms with Gasteiger partial charge in [-0.25, -0.2) is 23.5 Å². The molecule has 0 saturated carbocycles. The van der Waals surface area contributed by atoms with Crippen molar-refractivity contribution in [2.75, 3.05) is 13.1 Å². The number of fused-ring (bicyclic) bond motifs is 2. The molecule has 0 atom stereocenters. The quantitative estimate of drug-likeness (QED) is 0.396. The fourth-order valence-electron chi connectivity index (χ4n) is 4.63. The van der Waals surface area contributed by atoms with Gasteiger partial charge in [0.15, 0.2) is 11.5 Å². The third kappa shape index (κ3) is 4.43. The second kappa shape index (κ2) is 8.69. The largest absolute Gasteiger partial charge is 0.444 e. The van der Waals surface area contributed by atoms with E-state index in [0.29, 0.717) is 42.8 Å². The summed E-state index contributed by atoms with van der Waals surface area (Å²) in [5.74, 6) is -1.25. The van der Waals surface area contributed by atoms with E-state index in [1.54, 1.807) is 34.7 Å². The van der Waals surface area contributed by atoms with E-state index in [9.17, 15) is 14.0 Å². The monoisotopic (exact) mass is 495 g/mol. The van der Waals surface area contributed by atoms with Crippen LogP contribution in [0.3, 0.4) is 0 Å². The van der Waals surface area contributed by atoms with Crippen molar-refractivity contribution in [1.82, 2.24) is 23.8 Å². The van der Waals surface area contributed by atoms with E-state index in [0.717, 1.165) is 0 Å². The van der Waals surface area contributed by atoms with Crippen molar-refractivity contribution in [3.05, 3.63) is 64.6 Å². The highest BCUT2D eigenvalue weighted by Crippen LogP contribution is 2.28. The van der Waals surface area contributed by atoms with Crippen molar-refractivity contribution in [3.63, 3.8) is 0 Å². The van der Waals surface area contributed by atoms with Gasteiger partial charge in [0.25, 0.3) is 5.56 Å². The minimum atomic E-state index is -0.720. The zero-order valence-electron chi connectivity index (χ0n) is 20.6. The van der Waals surface area contributed by atoms with E-state index < -0.39 is 22.8 Å². The average molecular weight is 496 g/mol. The topological polar surface area (TPSA) is 81.7 Å². The van der Waals surface area contributed by atoms with Crippen LogP contribution < -0.4 is 5.56 Å².